The molecule has 14 rings (SSSR count). The number of para-hydroxylation sites is 3. The van der Waals surface area contributed by atoms with E-state index in [0.29, 0.717) is 0 Å². The van der Waals surface area contributed by atoms with Gasteiger partial charge in [-0.15, -0.1) is 0 Å². The maximum atomic E-state index is 4.81. The molecule has 0 spiro atoms. The molecule has 3 heterocycles. The molecule has 0 aliphatic rings. The van der Waals surface area contributed by atoms with Crippen LogP contribution in [0.5, 0.6) is 0 Å². The summed E-state index contributed by atoms with van der Waals surface area (Å²) < 4.78 is 2.39. The van der Waals surface area contributed by atoms with Gasteiger partial charge in [0.2, 0.25) is 0 Å². The molecule has 14 aromatic rings. The van der Waals surface area contributed by atoms with E-state index in [1.807, 2.05) is 24.5 Å². The highest BCUT2D eigenvalue weighted by atomic mass is 15.1. The fourth-order valence-electron chi connectivity index (χ4n) is 11.3. The monoisotopic (exact) mass is 916 g/mol. The Kier molecular flexibility index (Phi) is 9.82. The van der Waals surface area contributed by atoms with Crippen LogP contribution < -0.4 is 4.90 Å². The van der Waals surface area contributed by atoms with E-state index < -0.39 is 0 Å². The predicted octanol–water partition coefficient (Wildman–Crippen LogP) is 18.3. The molecule has 0 unspecified atom stereocenters. The average Bonchev–Trinajstić information content (AvgIpc) is 3.79. The molecule has 11 aromatic carbocycles. The minimum atomic E-state index is 0.968. The van der Waals surface area contributed by atoms with Crippen molar-refractivity contribution in [3.63, 3.8) is 0 Å². The van der Waals surface area contributed by atoms with Gasteiger partial charge in [0, 0.05) is 62.0 Å². The molecule has 0 saturated carbocycles. The molecule has 4 heteroatoms. The van der Waals surface area contributed by atoms with E-state index in [4.69, 9.17) is 9.97 Å². The first-order valence-electron chi connectivity index (χ1n) is 24.6. The number of anilines is 3. The SMILES string of the molecule is c1ccc(N(c2ccc(-n3c4ccccc4c4ccccc43)cc2)c2cccc3c(-c4ccccc4-c4ccc5cccnc5c4)c4ccccc4c(-c4ccccc4-c4ccc5cccnc5c4)c23)cc1. The van der Waals surface area contributed by atoms with Gasteiger partial charge in [-0.2, -0.15) is 0 Å². The smallest absolute Gasteiger partial charge is 0.0708 e. The third kappa shape index (κ3) is 6.76. The summed E-state index contributed by atoms with van der Waals surface area (Å²) in [6.07, 6.45) is 3.76. The molecule has 0 N–H and O–H groups in total. The molecule has 4 nitrogen and oxygen atoms in total. The Morgan fingerprint density at radius 1 is 0.319 bits per heavy atom. The van der Waals surface area contributed by atoms with Gasteiger partial charge in [0.15, 0.2) is 0 Å². The minimum absolute atomic E-state index is 0.968. The molecule has 0 amide bonds. The average molecular weight is 917 g/mol. The van der Waals surface area contributed by atoms with Crippen molar-refractivity contribution in [2.45, 2.75) is 0 Å². The van der Waals surface area contributed by atoms with Gasteiger partial charge in [0.25, 0.3) is 0 Å². The van der Waals surface area contributed by atoms with E-state index in [1.165, 1.54) is 43.7 Å². The van der Waals surface area contributed by atoms with E-state index in [2.05, 4.69) is 252 Å². The molecular weight excluding hydrogens is 873 g/mol. The van der Waals surface area contributed by atoms with Crippen molar-refractivity contribution in [2.75, 3.05) is 4.90 Å². The summed E-state index contributed by atoms with van der Waals surface area (Å²) in [7, 11) is 0. The highest BCUT2D eigenvalue weighted by Crippen LogP contribution is 2.52. The predicted molar refractivity (Wildman–Crippen MR) is 303 cm³/mol. The van der Waals surface area contributed by atoms with E-state index in [0.717, 1.165) is 88.7 Å². The first kappa shape index (κ1) is 41.3. The van der Waals surface area contributed by atoms with Gasteiger partial charge in [0.05, 0.1) is 27.8 Å². The van der Waals surface area contributed by atoms with E-state index in [9.17, 15) is 0 Å². The zero-order chi connectivity index (χ0) is 47.5. The highest BCUT2D eigenvalue weighted by molar-refractivity contribution is 6.27. The normalized spacial score (nSPS) is 11.6. The molecule has 336 valence electrons. The lowest BCUT2D eigenvalue weighted by Crippen LogP contribution is -2.11. The topological polar surface area (TPSA) is 34.0 Å². The Balaban J connectivity index is 1.07. The maximum Gasteiger partial charge on any atom is 0.0708 e. The third-order valence-corrected chi connectivity index (χ3v) is 14.5. The van der Waals surface area contributed by atoms with Crippen LogP contribution in [0.15, 0.2) is 267 Å². The molecule has 0 fully saturated rings. The lowest BCUT2D eigenvalue weighted by atomic mass is 9.81. The second-order valence-electron chi connectivity index (χ2n) is 18.5. The molecule has 0 saturated heterocycles. The van der Waals surface area contributed by atoms with Gasteiger partial charge < -0.3 is 9.47 Å². The van der Waals surface area contributed by atoms with Crippen molar-refractivity contribution in [3.8, 4) is 50.2 Å². The van der Waals surface area contributed by atoms with Gasteiger partial charge in [-0.3, -0.25) is 9.97 Å². The molecule has 0 aliphatic carbocycles. The number of nitrogens with zero attached hydrogens (tertiary/aromatic N) is 4. The van der Waals surface area contributed by atoms with Crippen LogP contribution in [0.1, 0.15) is 0 Å². The summed E-state index contributed by atoms with van der Waals surface area (Å²) in [5.74, 6) is 0. The van der Waals surface area contributed by atoms with Gasteiger partial charge in [-0.05, 0) is 134 Å². The van der Waals surface area contributed by atoms with Crippen LogP contribution in [0.3, 0.4) is 0 Å². The second-order valence-corrected chi connectivity index (χ2v) is 18.5. The fourth-order valence-corrected chi connectivity index (χ4v) is 11.3. The first-order valence-corrected chi connectivity index (χ1v) is 24.6. The largest absolute Gasteiger partial charge is 0.310 e. The minimum Gasteiger partial charge on any atom is -0.310 e. The first-order chi connectivity index (χ1) is 35.7. The lowest BCUT2D eigenvalue weighted by molar-refractivity contribution is 1.17. The quantitative estimate of drug-likeness (QED) is 0.142. The molecule has 0 radical (unpaired) electrons. The zero-order valence-corrected chi connectivity index (χ0v) is 39.2. The number of aromatic nitrogens is 3. The Bertz CT molecular complexity index is 4350. The molecule has 0 aliphatic heterocycles. The molecule has 3 aromatic heterocycles. The van der Waals surface area contributed by atoms with Crippen LogP contribution in [0.2, 0.25) is 0 Å². The maximum absolute atomic E-state index is 4.81. The summed E-state index contributed by atoms with van der Waals surface area (Å²) >= 11 is 0. The van der Waals surface area contributed by atoms with Crippen molar-refractivity contribution in [3.05, 3.63) is 267 Å². The van der Waals surface area contributed by atoms with Crippen molar-refractivity contribution in [2.24, 2.45) is 0 Å². The fraction of sp³-hybridized carbons (Fsp3) is 0. The van der Waals surface area contributed by atoms with Crippen LogP contribution in [-0.2, 0) is 0 Å². The van der Waals surface area contributed by atoms with E-state index >= 15 is 0 Å². The van der Waals surface area contributed by atoms with Crippen molar-refractivity contribution in [1.82, 2.24) is 14.5 Å². The molecule has 72 heavy (non-hydrogen) atoms. The van der Waals surface area contributed by atoms with Gasteiger partial charge in [-0.1, -0.05) is 176 Å². The van der Waals surface area contributed by atoms with E-state index in [-0.39, 0.29) is 0 Å². The van der Waals surface area contributed by atoms with Crippen LogP contribution >= 0.6 is 0 Å². The summed E-state index contributed by atoms with van der Waals surface area (Å²) in [5.41, 5.74) is 17.8. The molecule has 0 bridgehead atoms. The van der Waals surface area contributed by atoms with Crippen LogP contribution in [0.4, 0.5) is 17.1 Å². The van der Waals surface area contributed by atoms with Gasteiger partial charge >= 0.3 is 0 Å². The summed E-state index contributed by atoms with van der Waals surface area (Å²) in [4.78, 5) is 12.0. The Morgan fingerprint density at radius 3 is 1.39 bits per heavy atom. The summed E-state index contributed by atoms with van der Waals surface area (Å²) in [5, 5.41) is 9.39. The Hall–Kier alpha value is -9.64. The van der Waals surface area contributed by atoms with Gasteiger partial charge in [0.1, 0.15) is 0 Å². The van der Waals surface area contributed by atoms with Crippen molar-refractivity contribution >= 4 is 82.2 Å². The highest BCUT2D eigenvalue weighted by Gasteiger charge is 2.26. The van der Waals surface area contributed by atoms with E-state index in [1.54, 1.807) is 0 Å². The van der Waals surface area contributed by atoms with Gasteiger partial charge in [-0.25, -0.2) is 0 Å². The summed E-state index contributed by atoms with van der Waals surface area (Å²) in [6.45, 7) is 0. The number of hydrogen-bond acceptors (Lipinski definition) is 3. The van der Waals surface area contributed by atoms with Crippen molar-refractivity contribution < 1.29 is 0 Å². The zero-order valence-electron chi connectivity index (χ0n) is 39.2. The second kappa shape index (κ2) is 17.1. The number of hydrogen-bond donors (Lipinski definition) is 0. The van der Waals surface area contributed by atoms with Crippen molar-refractivity contribution in [1.29, 1.82) is 0 Å². The van der Waals surface area contributed by atoms with Crippen LogP contribution in [0, 0.1) is 0 Å². The number of pyridine rings is 2. The number of fused-ring (bicyclic) bond motifs is 7. The lowest BCUT2D eigenvalue weighted by Gasteiger charge is -2.30. The van der Waals surface area contributed by atoms with Crippen LogP contribution in [0.25, 0.3) is 115 Å². The Labute approximate surface area is 417 Å². The number of benzene rings is 11. The molecular formula is C68H44N4. The molecule has 0 atom stereocenters. The third-order valence-electron chi connectivity index (χ3n) is 14.5. The standard InChI is InChI=1S/C68H44N4/c1-2-19-49(20-3-1)71(50-37-39-51(40-38-50)72-63-30-12-10-23-54(63)55-24-11-13-31-64(55)72)65-32-14-29-60-66(56-25-6-4-21-52(56)47-35-33-45-17-15-41-69-61(45)43-47)58-27-8-9-28-59(58)67(68(60)65)57-26-7-5-22-53(57)48-36-34-46-18-16-42-70-62(46)44-48/h1-44H. The van der Waals surface area contributed by atoms with Crippen LogP contribution in [-0.4, -0.2) is 14.5 Å². The Morgan fingerprint density at radius 2 is 0.792 bits per heavy atom. The summed E-state index contributed by atoms with van der Waals surface area (Å²) in [6, 6.07) is 92.6. The number of rotatable bonds is 8.